The number of ether oxygens (including phenoxy) is 1. The van der Waals surface area contributed by atoms with Gasteiger partial charge in [0.25, 0.3) is 0 Å². The van der Waals surface area contributed by atoms with E-state index < -0.39 is 5.60 Å². The number of carbonyl (C=O) groups excluding carboxylic acids is 1. The zero-order valence-electron chi connectivity index (χ0n) is 15.9. The van der Waals surface area contributed by atoms with E-state index >= 15 is 0 Å². The fourth-order valence-electron chi connectivity index (χ4n) is 3.43. The summed E-state index contributed by atoms with van der Waals surface area (Å²) in [5.74, 6) is -0.0582. The maximum Gasteiger partial charge on any atom is 0.310 e. The van der Waals surface area contributed by atoms with Crippen molar-refractivity contribution in [2.75, 3.05) is 5.32 Å². The maximum atomic E-state index is 12.3. The molecule has 3 rings (SSSR count). The SMILES string of the molecule is CCCCCCC1CC(C)(c2csc(Nc3ccc(C)cc3)n2)OC1=O. The van der Waals surface area contributed by atoms with Gasteiger partial charge in [-0.1, -0.05) is 50.3 Å². The Morgan fingerprint density at radius 1 is 1.27 bits per heavy atom. The van der Waals surface area contributed by atoms with Crippen molar-refractivity contribution < 1.29 is 9.53 Å². The van der Waals surface area contributed by atoms with Gasteiger partial charge >= 0.3 is 5.97 Å². The van der Waals surface area contributed by atoms with Crippen LogP contribution in [0, 0.1) is 12.8 Å². The largest absolute Gasteiger partial charge is 0.453 e. The van der Waals surface area contributed by atoms with Crippen LogP contribution in [0.1, 0.15) is 63.6 Å². The summed E-state index contributed by atoms with van der Waals surface area (Å²) in [7, 11) is 0. The molecule has 1 aliphatic rings. The number of nitrogens with zero attached hydrogens (tertiary/aromatic N) is 1. The predicted molar refractivity (Wildman–Crippen MR) is 107 cm³/mol. The summed E-state index contributed by atoms with van der Waals surface area (Å²) in [5, 5.41) is 6.16. The zero-order chi connectivity index (χ0) is 18.6. The average Bonchev–Trinajstić information content (AvgIpc) is 3.19. The van der Waals surface area contributed by atoms with Crippen LogP contribution in [0.2, 0.25) is 0 Å². The monoisotopic (exact) mass is 372 g/mol. The van der Waals surface area contributed by atoms with Gasteiger partial charge in [0.2, 0.25) is 0 Å². The van der Waals surface area contributed by atoms with Gasteiger partial charge in [-0.2, -0.15) is 0 Å². The van der Waals surface area contributed by atoms with E-state index in [0.717, 1.165) is 35.8 Å². The summed E-state index contributed by atoms with van der Waals surface area (Å²) in [4.78, 5) is 17.0. The summed E-state index contributed by atoms with van der Waals surface area (Å²) in [6.07, 6.45) is 6.39. The Morgan fingerprint density at radius 2 is 2.04 bits per heavy atom. The normalized spacial score (nSPS) is 22.4. The molecule has 140 valence electrons. The number of aryl methyl sites for hydroxylation is 1. The van der Waals surface area contributed by atoms with Crippen molar-refractivity contribution in [3.05, 3.63) is 40.9 Å². The number of esters is 1. The number of carbonyl (C=O) groups is 1. The number of rotatable bonds is 8. The van der Waals surface area contributed by atoms with E-state index in [1.807, 2.05) is 24.4 Å². The second-order valence-electron chi connectivity index (χ2n) is 7.43. The van der Waals surface area contributed by atoms with Gasteiger partial charge in [0.05, 0.1) is 11.6 Å². The van der Waals surface area contributed by atoms with Gasteiger partial charge in [-0.3, -0.25) is 4.79 Å². The highest BCUT2D eigenvalue weighted by Crippen LogP contribution is 2.42. The van der Waals surface area contributed by atoms with E-state index in [-0.39, 0.29) is 11.9 Å². The van der Waals surface area contributed by atoms with Crippen molar-refractivity contribution in [2.45, 2.75) is 64.9 Å². The standard InChI is InChI=1S/C21H28N2O2S/c1-4-5-6-7-8-16-13-21(3,25-19(16)24)18-14-26-20(23-18)22-17-11-9-15(2)10-12-17/h9-12,14,16H,4-8,13H2,1-3H3,(H,22,23). The lowest BCUT2D eigenvalue weighted by Gasteiger charge is -2.20. The van der Waals surface area contributed by atoms with Gasteiger partial charge in [0.1, 0.15) is 0 Å². The Hall–Kier alpha value is -1.88. The van der Waals surface area contributed by atoms with Crippen LogP contribution in [0.4, 0.5) is 10.8 Å². The average molecular weight is 373 g/mol. The Balaban J connectivity index is 1.62. The van der Waals surface area contributed by atoms with Crippen LogP contribution in [-0.2, 0) is 15.1 Å². The number of unbranched alkanes of at least 4 members (excludes halogenated alkanes) is 3. The molecular formula is C21H28N2O2S. The third-order valence-electron chi connectivity index (χ3n) is 5.05. The second kappa shape index (κ2) is 8.21. The Kier molecular flexibility index (Phi) is 5.97. The predicted octanol–water partition coefficient (Wildman–Crippen LogP) is 5.94. The number of anilines is 2. The number of hydrogen-bond acceptors (Lipinski definition) is 5. The fraction of sp³-hybridized carbons (Fsp3) is 0.524. The molecule has 0 radical (unpaired) electrons. The molecule has 1 aliphatic heterocycles. The first-order valence-corrected chi connectivity index (χ1v) is 10.4. The lowest BCUT2D eigenvalue weighted by atomic mass is 9.90. The lowest BCUT2D eigenvalue weighted by molar-refractivity contribution is -0.150. The topological polar surface area (TPSA) is 51.2 Å². The molecule has 0 bridgehead atoms. The fourth-order valence-corrected chi connectivity index (χ4v) is 4.28. The smallest absolute Gasteiger partial charge is 0.310 e. The van der Waals surface area contributed by atoms with Gasteiger partial charge in [0.15, 0.2) is 10.7 Å². The maximum absolute atomic E-state index is 12.3. The van der Waals surface area contributed by atoms with Crippen molar-refractivity contribution in [1.82, 2.24) is 4.98 Å². The van der Waals surface area contributed by atoms with E-state index in [9.17, 15) is 4.79 Å². The minimum Gasteiger partial charge on any atom is -0.453 e. The summed E-state index contributed by atoms with van der Waals surface area (Å²) in [6, 6.07) is 8.22. The van der Waals surface area contributed by atoms with Crippen LogP contribution in [0.25, 0.3) is 0 Å². The third kappa shape index (κ3) is 4.44. The van der Waals surface area contributed by atoms with Crippen molar-refractivity contribution >= 4 is 28.1 Å². The number of nitrogens with one attached hydrogen (secondary N) is 1. The highest BCUT2D eigenvalue weighted by Gasteiger charge is 2.45. The Morgan fingerprint density at radius 3 is 2.77 bits per heavy atom. The van der Waals surface area contributed by atoms with Crippen LogP contribution in [0.3, 0.4) is 0 Å². The summed E-state index contributed by atoms with van der Waals surface area (Å²) in [5.41, 5.74) is 2.49. The van der Waals surface area contributed by atoms with E-state index in [4.69, 9.17) is 9.72 Å². The molecule has 5 heteroatoms. The van der Waals surface area contributed by atoms with Crippen LogP contribution in [0.5, 0.6) is 0 Å². The van der Waals surface area contributed by atoms with Gasteiger partial charge in [-0.25, -0.2) is 4.98 Å². The molecular weight excluding hydrogens is 344 g/mol. The summed E-state index contributed by atoms with van der Waals surface area (Å²) >= 11 is 1.55. The highest BCUT2D eigenvalue weighted by molar-refractivity contribution is 7.13. The van der Waals surface area contributed by atoms with Crippen molar-refractivity contribution in [1.29, 1.82) is 0 Å². The highest BCUT2D eigenvalue weighted by atomic mass is 32.1. The van der Waals surface area contributed by atoms with Crippen LogP contribution in [-0.4, -0.2) is 11.0 Å². The van der Waals surface area contributed by atoms with Gasteiger partial charge in [0, 0.05) is 17.5 Å². The third-order valence-corrected chi connectivity index (χ3v) is 5.81. The van der Waals surface area contributed by atoms with Crippen LogP contribution >= 0.6 is 11.3 Å². The molecule has 1 aromatic carbocycles. The van der Waals surface area contributed by atoms with E-state index in [1.54, 1.807) is 11.3 Å². The minimum atomic E-state index is -0.601. The quantitative estimate of drug-likeness (QED) is 0.460. The number of hydrogen-bond donors (Lipinski definition) is 1. The molecule has 4 nitrogen and oxygen atoms in total. The molecule has 2 atom stereocenters. The summed E-state index contributed by atoms with van der Waals surface area (Å²) in [6.45, 7) is 6.26. The molecule has 1 fully saturated rings. The first kappa shape index (κ1) is 18.9. The molecule has 1 N–H and O–H groups in total. The van der Waals surface area contributed by atoms with E-state index in [1.165, 1.54) is 24.8 Å². The van der Waals surface area contributed by atoms with Crippen LogP contribution < -0.4 is 5.32 Å². The second-order valence-corrected chi connectivity index (χ2v) is 8.29. The molecule has 0 saturated carbocycles. The van der Waals surface area contributed by atoms with Gasteiger partial charge in [-0.15, -0.1) is 11.3 Å². The molecule has 2 heterocycles. The van der Waals surface area contributed by atoms with Crippen molar-refractivity contribution in [2.24, 2.45) is 5.92 Å². The van der Waals surface area contributed by atoms with Crippen molar-refractivity contribution in [3.8, 4) is 0 Å². The number of thiazole rings is 1. The Labute approximate surface area is 160 Å². The molecule has 1 saturated heterocycles. The number of aromatic nitrogens is 1. The first-order valence-electron chi connectivity index (χ1n) is 9.53. The number of cyclic esters (lactones) is 1. The first-order chi connectivity index (χ1) is 12.5. The van der Waals surface area contributed by atoms with Gasteiger partial charge in [-0.05, 0) is 32.4 Å². The molecule has 2 unspecified atom stereocenters. The van der Waals surface area contributed by atoms with Crippen molar-refractivity contribution in [3.63, 3.8) is 0 Å². The number of benzene rings is 1. The molecule has 26 heavy (non-hydrogen) atoms. The molecule has 1 aromatic heterocycles. The minimum absolute atomic E-state index is 0.00654. The van der Waals surface area contributed by atoms with E-state index in [2.05, 4.69) is 31.3 Å². The molecule has 0 spiro atoms. The molecule has 0 aliphatic carbocycles. The van der Waals surface area contributed by atoms with E-state index in [0.29, 0.717) is 0 Å². The van der Waals surface area contributed by atoms with Gasteiger partial charge < -0.3 is 10.1 Å². The summed E-state index contributed by atoms with van der Waals surface area (Å²) < 4.78 is 5.76. The molecule has 0 amide bonds. The lowest BCUT2D eigenvalue weighted by Crippen LogP contribution is -2.21. The Bertz CT molecular complexity index is 741. The van der Waals surface area contributed by atoms with Crippen LogP contribution in [0.15, 0.2) is 29.6 Å². The zero-order valence-corrected chi connectivity index (χ0v) is 16.7. The molecule has 2 aromatic rings.